The van der Waals surface area contributed by atoms with Crippen LogP contribution in [0.2, 0.25) is 0 Å². The van der Waals surface area contributed by atoms with E-state index in [1.165, 1.54) is 26.0 Å². The lowest BCUT2D eigenvalue weighted by Crippen LogP contribution is -2.25. The maximum Gasteiger partial charge on any atom is 0.258 e. The first-order valence-electron chi connectivity index (χ1n) is 7.19. The van der Waals surface area contributed by atoms with Crippen molar-refractivity contribution in [2.24, 2.45) is 0 Å². The van der Waals surface area contributed by atoms with E-state index >= 15 is 0 Å². The van der Waals surface area contributed by atoms with Crippen LogP contribution < -0.4 is 20.3 Å². The normalized spacial score (nSPS) is 10.4. The van der Waals surface area contributed by atoms with E-state index in [4.69, 9.17) is 9.47 Å². The lowest BCUT2D eigenvalue weighted by molar-refractivity contribution is -0.118. The summed E-state index contributed by atoms with van der Waals surface area (Å²) >= 11 is 1.36. The highest BCUT2D eigenvalue weighted by Crippen LogP contribution is 2.30. The zero-order valence-corrected chi connectivity index (χ0v) is 14.4. The van der Waals surface area contributed by atoms with Crippen molar-refractivity contribution >= 4 is 28.6 Å². The third-order valence-corrected chi connectivity index (χ3v) is 4.12. The van der Waals surface area contributed by atoms with E-state index in [2.05, 4.69) is 21.9 Å². The second kappa shape index (κ2) is 8.39. The van der Waals surface area contributed by atoms with Crippen molar-refractivity contribution in [1.29, 1.82) is 0 Å². The third kappa shape index (κ3) is 4.29. The largest absolute Gasteiger partial charge is 0.493 e. The number of hydrogen-bond acceptors (Lipinski definition) is 6. The Morgan fingerprint density at radius 3 is 2.75 bits per heavy atom. The van der Waals surface area contributed by atoms with Gasteiger partial charge in [-0.25, -0.2) is 4.98 Å². The number of methoxy groups -OCH3 is 2. The summed E-state index contributed by atoms with van der Waals surface area (Å²) in [6, 6.07) is 3.26. The molecule has 0 bridgehead atoms. The van der Waals surface area contributed by atoms with E-state index in [9.17, 15) is 9.59 Å². The van der Waals surface area contributed by atoms with Gasteiger partial charge in [-0.1, -0.05) is 6.08 Å². The van der Waals surface area contributed by atoms with E-state index in [0.29, 0.717) is 40.5 Å². The van der Waals surface area contributed by atoms with Crippen LogP contribution in [0.5, 0.6) is 11.5 Å². The van der Waals surface area contributed by atoms with E-state index in [-0.39, 0.29) is 17.2 Å². The molecule has 0 aliphatic heterocycles. The molecule has 0 radical (unpaired) electrons. The van der Waals surface area contributed by atoms with Crippen molar-refractivity contribution in [2.75, 3.05) is 26.5 Å². The Bertz CT molecular complexity index is 804. The Labute approximate surface area is 143 Å². The van der Waals surface area contributed by atoms with Gasteiger partial charge in [-0.15, -0.1) is 18.3 Å². The number of aromatic amines is 1. The highest BCUT2D eigenvalue weighted by Gasteiger charge is 2.11. The smallest absolute Gasteiger partial charge is 0.258 e. The van der Waals surface area contributed by atoms with E-state index < -0.39 is 0 Å². The van der Waals surface area contributed by atoms with Crippen molar-refractivity contribution < 1.29 is 14.3 Å². The minimum atomic E-state index is -0.257. The topological polar surface area (TPSA) is 93.3 Å². The fraction of sp³-hybridized carbons (Fsp3) is 0.312. The molecule has 1 amide bonds. The van der Waals surface area contributed by atoms with E-state index in [1.807, 2.05) is 0 Å². The fourth-order valence-corrected chi connectivity index (χ4v) is 2.78. The number of thioether (sulfide) groups is 1. The predicted molar refractivity (Wildman–Crippen MR) is 94.8 cm³/mol. The molecule has 0 aliphatic carbocycles. The van der Waals surface area contributed by atoms with Crippen molar-refractivity contribution in [2.45, 2.75) is 5.75 Å². The van der Waals surface area contributed by atoms with Crippen molar-refractivity contribution in [3.8, 4) is 11.5 Å². The molecule has 1 aromatic carbocycles. The number of carbonyl (C=O) groups excluding carboxylic acids is 1. The van der Waals surface area contributed by atoms with Gasteiger partial charge < -0.3 is 19.8 Å². The molecule has 1 heterocycles. The van der Waals surface area contributed by atoms with Gasteiger partial charge in [-0.3, -0.25) is 9.59 Å². The summed E-state index contributed by atoms with van der Waals surface area (Å²) in [5.74, 6) is 2.09. The molecule has 0 aliphatic rings. The number of H-pyrrole nitrogens is 1. The number of fused-ring (bicyclic) bond motifs is 1. The Morgan fingerprint density at radius 2 is 2.08 bits per heavy atom. The number of amides is 1. The Morgan fingerprint density at radius 1 is 1.38 bits per heavy atom. The molecule has 1 aromatic heterocycles. The molecule has 0 spiro atoms. The van der Waals surface area contributed by atoms with Gasteiger partial charge in [-0.05, 0) is 6.07 Å². The first-order chi connectivity index (χ1) is 11.6. The highest BCUT2D eigenvalue weighted by molar-refractivity contribution is 7.99. The first-order valence-corrected chi connectivity index (χ1v) is 8.34. The zero-order chi connectivity index (χ0) is 17.5. The molecule has 0 unspecified atom stereocenters. The van der Waals surface area contributed by atoms with Gasteiger partial charge in [0.1, 0.15) is 5.82 Å². The first kappa shape index (κ1) is 17.9. The molecule has 128 valence electrons. The number of hydrogen-bond donors (Lipinski definition) is 2. The van der Waals surface area contributed by atoms with Crippen LogP contribution in [0.1, 0.15) is 5.82 Å². The molecule has 2 rings (SSSR count). The molecular formula is C16H19N3O4S. The average molecular weight is 349 g/mol. The summed E-state index contributed by atoms with van der Waals surface area (Å²) in [5.41, 5.74) is 0.260. The summed E-state index contributed by atoms with van der Waals surface area (Å²) in [4.78, 5) is 30.9. The van der Waals surface area contributed by atoms with E-state index in [0.717, 1.165) is 0 Å². The summed E-state index contributed by atoms with van der Waals surface area (Å²) < 4.78 is 10.4. The number of ether oxygens (including phenoxy) is 2. The van der Waals surface area contributed by atoms with Gasteiger partial charge in [-0.2, -0.15) is 0 Å². The molecule has 7 nitrogen and oxygen atoms in total. The summed E-state index contributed by atoms with van der Waals surface area (Å²) in [5, 5.41) is 3.11. The number of carbonyl (C=O) groups is 1. The van der Waals surface area contributed by atoms with Gasteiger partial charge in [0.25, 0.3) is 5.56 Å². The molecule has 24 heavy (non-hydrogen) atoms. The molecule has 0 saturated heterocycles. The number of nitrogens with zero attached hydrogens (tertiary/aromatic N) is 1. The van der Waals surface area contributed by atoms with Gasteiger partial charge >= 0.3 is 0 Å². The fourth-order valence-electron chi connectivity index (χ4n) is 2.06. The van der Waals surface area contributed by atoms with Crippen LogP contribution in [0.3, 0.4) is 0 Å². The van der Waals surface area contributed by atoms with Crippen LogP contribution in [0.15, 0.2) is 29.6 Å². The maximum atomic E-state index is 12.2. The summed E-state index contributed by atoms with van der Waals surface area (Å²) in [6.07, 6.45) is 1.62. The SMILES string of the molecule is C=CCNC(=O)CSCc1nc2cc(OC)c(OC)cc2c(=O)[nH]1. The lowest BCUT2D eigenvalue weighted by Gasteiger charge is -2.09. The van der Waals surface area contributed by atoms with Crippen molar-refractivity contribution in [3.63, 3.8) is 0 Å². The molecule has 0 saturated carbocycles. The Balaban J connectivity index is 2.16. The number of aromatic nitrogens is 2. The summed E-state index contributed by atoms with van der Waals surface area (Å²) in [6.45, 7) is 3.97. The second-order valence-electron chi connectivity index (χ2n) is 4.82. The van der Waals surface area contributed by atoms with Crippen molar-refractivity contribution in [1.82, 2.24) is 15.3 Å². The molecule has 0 fully saturated rings. The molecule has 2 N–H and O–H groups in total. The molecule has 8 heteroatoms. The Hall–Kier alpha value is -2.48. The van der Waals surface area contributed by atoms with Gasteiger partial charge in [0.15, 0.2) is 11.5 Å². The van der Waals surface area contributed by atoms with E-state index in [1.54, 1.807) is 18.2 Å². The number of benzene rings is 1. The van der Waals surface area contributed by atoms with Crippen LogP contribution in [0, 0.1) is 0 Å². The quantitative estimate of drug-likeness (QED) is 0.701. The minimum absolute atomic E-state index is 0.0885. The van der Waals surface area contributed by atoms with Gasteiger partial charge in [0.2, 0.25) is 5.91 Å². The highest BCUT2D eigenvalue weighted by atomic mass is 32.2. The standard InChI is InChI=1S/C16H19N3O4S/c1-4-5-17-15(20)9-24-8-14-18-11-7-13(23-3)12(22-2)6-10(11)16(21)19-14/h4,6-7H,1,5,8-9H2,2-3H3,(H,17,20)(H,18,19,21). The number of rotatable bonds is 8. The van der Waals surface area contributed by atoms with Crippen molar-refractivity contribution in [3.05, 3.63) is 41.0 Å². The Kier molecular flexibility index (Phi) is 6.25. The second-order valence-corrected chi connectivity index (χ2v) is 5.81. The monoisotopic (exact) mass is 349 g/mol. The average Bonchev–Trinajstić information content (AvgIpc) is 2.58. The zero-order valence-electron chi connectivity index (χ0n) is 13.5. The van der Waals surface area contributed by atoms with Crippen LogP contribution in [0.4, 0.5) is 0 Å². The van der Waals surface area contributed by atoms with Crippen LogP contribution in [-0.4, -0.2) is 42.4 Å². The van der Waals surface area contributed by atoms with Gasteiger partial charge in [0.05, 0.1) is 36.6 Å². The predicted octanol–water partition coefficient (Wildman–Crippen LogP) is 1.48. The molecule has 2 aromatic rings. The maximum absolute atomic E-state index is 12.2. The number of nitrogens with one attached hydrogen (secondary N) is 2. The molecule has 0 atom stereocenters. The van der Waals surface area contributed by atoms with Crippen LogP contribution >= 0.6 is 11.8 Å². The lowest BCUT2D eigenvalue weighted by atomic mass is 10.2. The molecular weight excluding hydrogens is 330 g/mol. The minimum Gasteiger partial charge on any atom is -0.493 e. The van der Waals surface area contributed by atoms with Crippen LogP contribution in [0.25, 0.3) is 10.9 Å². The van der Waals surface area contributed by atoms with Gasteiger partial charge in [0, 0.05) is 12.6 Å². The van der Waals surface area contributed by atoms with Crippen LogP contribution in [-0.2, 0) is 10.5 Å². The third-order valence-electron chi connectivity index (χ3n) is 3.18. The summed E-state index contributed by atoms with van der Waals surface area (Å²) in [7, 11) is 3.03.